The van der Waals surface area contributed by atoms with Crippen molar-refractivity contribution in [3.8, 4) is 0 Å². The molecule has 0 aromatic carbocycles. The average molecular weight is 394 g/mol. The molecule has 1 aliphatic carbocycles. The molecule has 1 N–H and O–H groups in total. The molecular formula is C16H31ClOSn. The number of halogens is 1. The molecule has 0 aliphatic heterocycles. The van der Waals surface area contributed by atoms with Crippen molar-refractivity contribution >= 4 is 26.2 Å². The second-order valence-electron chi connectivity index (χ2n) is 6.24. The van der Waals surface area contributed by atoms with Gasteiger partial charge in [-0.3, -0.25) is 0 Å². The zero-order valence-corrected chi connectivity index (χ0v) is 16.4. The molecule has 0 spiro atoms. The van der Waals surface area contributed by atoms with E-state index in [0.717, 1.165) is 38.1 Å². The van der Waals surface area contributed by atoms with Crippen molar-refractivity contribution in [3.63, 3.8) is 0 Å². The quantitative estimate of drug-likeness (QED) is 0.535. The summed E-state index contributed by atoms with van der Waals surface area (Å²) in [5.74, 6) is 0. The number of aliphatic hydroxyl groups is 1. The van der Waals surface area contributed by atoms with Gasteiger partial charge in [0.25, 0.3) is 0 Å². The first-order valence-corrected chi connectivity index (χ1v) is 17.2. The Kier molecular flexibility index (Phi) is 7.78. The van der Waals surface area contributed by atoms with E-state index >= 15 is 0 Å². The van der Waals surface area contributed by atoms with Crippen LogP contribution in [0.3, 0.4) is 0 Å². The van der Waals surface area contributed by atoms with Crippen LogP contribution in [0.2, 0.25) is 8.87 Å². The minimum atomic E-state index is -2.86. The average Bonchev–Trinajstić information content (AvgIpc) is 2.43. The van der Waals surface area contributed by atoms with Crippen LogP contribution in [0.25, 0.3) is 0 Å². The molecule has 0 unspecified atom stereocenters. The SMILES string of the molecule is C=[C](C1(O)CCCCC1)[Sn]([Cl])([CH2]CCC)[CH2]CCC. The molecule has 1 rings (SSSR count). The van der Waals surface area contributed by atoms with Gasteiger partial charge in [0.15, 0.2) is 0 Å². The number of rotatable bonds is 8. The van der Waals surface area contributed by atoms with Crippen molar-refractivity contribution in [1.82, 2.24) is 0 Å². The van der Waals surface area contributed by atoms with Gasteiger partial charge in [-0.2, -0.15) is 0 Å². The van der Waals surface area contributed by atoms with E-state index in [1.807, 2.05) is 0 Å². The molecule has 1 aliphatic rings. The Labute approximate surface area is 127 Å². The van der Waals surface area contributed by atoms with Gasteiger partial charge in [-0.15, -0.1) is 0 Å². The minimum absolute atomic E-state index is 0.614. The van der Waals surface area contributed by atoms with Crippen molar-refractivity contribution in [3.05, 3.63) is 10.2 Å². The molecule has 0 amide bonds. The maximum absolute atomic E-state index is 10.9. The molecule has 0 saturated heterocycles. The van der Waals surface area contributed by atoms with Crippen LogP contribution >= 0.6 is 8.92 Å². The zero-order chi connectivity index (χ0) is 14.4. The van der Waals surface area contributed by atoms with E-state index in [2.05, 4.69) is 20.4 Å². The molecule has 0 aromatic heterocycles. The van der Waals surface area contributed by atoms with Crippen molar-refractivity contribution in [2.45, 2.75) is 86.1 Å². The molecule has 1 nitrogen and oxygen atoms in total. The van der Waals surface area contributed by atoms with Gasteiger partial charge in [-0.25, -0.2) is 0 Å². The zero-order valence-electron chi connectivity index (χ0n) is 12.8. The Bertz CT molecular complexity index is 276. The van der Waals surface area contributed by atoms with Gasteiger partial charge in [0, 0.05) is 0 Å². The van der Waals surface area contributed by atoms with E-state index in [0.29, 0.717) is 0 Å². The van der Waals surface area contributed by atoms with Crippen LogP contribution in [-0.2, 0) is 0 Å². The normalized spacial score (nSPS) is 19.4. The fraction of sp³-hybridized carbons (Fsp3) is 0.875. The van der Waals surface area contributed by atoms with Crippen LogP contribution in [0.15, 0.2) is 10.2 Å². The Balaban J connectivity index is 2.79. The first-order chi connectivity index (χ1) is 8.98. The van der Waals surface area contributed by atoms with Crippen LogP contribution in [-0.4, -0.2) is 28.0 Å². The van der Waals surface area contributed by atoms with Gasteiger partial charge >= 0.3 is 128 Å². The second-order valence-corrected chi connectivity index (χ2v) is 21.2. The molecule has 19 heavy (non-hydrogen) atoms. The molecule has 0 heterocycles. The fourth-order valence-electron chi connectivity index (χ4n) is 3.20. The standard InChI is InChI=1S/C8H13O.2C4H9.ClH.Sn/c1-2-8(9)6-4-3-5-7-8;2*1-3-4-2;;/h9H,1,3-7H2;2*1,3-4H2,2H3;1H;/q;;;;+1/p-1. The Hall–Kier alpha value is 0.789. The van der Waals surface area contributed by atoms with E-state index in [-0.39, 0.29) is 0 Å². The third-order valence-corrected chi connectivity index (χ3v) is 19.7. The summed E-state index contributed by atoms with van der Waals surface area (Å²) >= 11 is -2.86. The summed E-state index contributed by atoms with van der Waals surface area (Å²) in [6, 6.07) is 0. The monoisotopic (exact) mass is 394 g/mol. The first-order valence-electron chi connectivity index (χ1n) is 8.09. The molecule has 3 heteroatoms. The molecule has 0 bridgehead atoms. The second kappa shape index (κ2) is 8.28. The molecule has 1 saturated carbocycles. The van der Waals surface area contributed by atoms with E-state index in [1.54, 1.807) is 0 Å². The topological polar surface area (TPSA) is 20.2 Å². The van der Waals surface area contributed by atoms with E-state index < -0.39 is 22.9 Å². The van der Waals surface area contributed by atoms with Crippen LogP contribution in [0, 0.1) is 0 Å². The number of hydrogen-bond acceptors (Lipinski definition) is 1. The van der Waals surface area contributed by atoms with Gasteiger partial charge in [0.2, 0.25) is 0 Å². The van der Waals surface area contributed by atoms with Gasteiger partial charge in [0.1, 0.15) is 0 Å². The summed E-state index contributed by atoms with van der Waals surface area (Å²) < 4.78 is 3.44. The van der Waals surface area contributed by atoms with Crippen molar-refractivity contribution in [2.75, 3.05) is 0 Å². The van der Waals surface area contributed by atoms with E-state index in [1.165, 1.54) is 32.1 Å². The summed E-state index contributed by atoms with van der Waals surface area (Å²) in [4.78, 5) is 0. The van der Waals surface area contributed by atoms with Crippen LogP contribution < -0.4 is 0 Å². The van der Waals surface area contributed by atoms with Crippen molar-refractivity contribution in [2.24, 2.45) is 0 Å². The van der Waals surface area contributed by atoms with Gasteiger partial charge in [-0.1, -0.05) is 0 Å². The fourth-order valence-corrected chi connectivity index (χ4v) is 16.9. The van der Waals surface area contributed by atoms with Gasteiger partial charge in [-0.05, 0) is 0 Å². The van der Waals surface area contributed by atoms with E-state index in [4.69, 9.17) is 8.92 Å². The van der Waals surface area contributed by atoms with E-state index in [9.17, 15) is 5.11 Å². The van der Waals surface area contributed by atoms with Gasteiger partial charge < -0.3 is 0 Å². The predicted octanol–water partition coefficient (Wildman–Crippen LogP) is 5.56. The number of hydrogen-bond donors (Lipinski definition) is 1. The first kappa shape index (κ1) is 17.8. The molecular weight excluding hydrogens is 362 g/mol. The summed E-state index contributed by atoms with van der Waals surface area (Å²) in [6.45, 7) is 8.79. The van der Waals surface area contributed by atoms with Gasteiger partial charge in [0.05, 0.1) is 0 Å². The molecule has 0 radical (unpaired) electrons. The summed E-state index contributed by atoms with van der Waals surface area (Å²) in [5, 5.41) is 10.9. The third-order valence-electron chi connectivity index (χ3n) is 4.64. The molecule has 0 atom stereocenters. The van der Waals surface area contributed by atoms with Crippen LogP contribution in [0.1, 0.15) is 71.6 Å². The summed E-state index contributed by atoms with van der Waals surface area (Å²) in [6.07, 6.45) is 10.1. The van der Waals surface area contributed by atoms with Crippen LogP contribution in [0.5, 0.6) is 0 Å². The Morgan fingerprint density at radius 1 is 1.11 bits per heavy atom. The predicted molar refractivity (Wildman–Crippen MR) is 88.2 cm³/mol. The molecule has 1 fully saturated rings. The summed E-state index contributed by atoms with van der Waals surface area (Å²) in [7, 11) is 7.12. The molecule has 0 aromatic rings. The van der Waals surface area contributed by atoms with Crippen LogP contribution in [0.4, 0.5) is 0 Å². The summed E-state index contributed by atoms with van der Waals surface area (Å²) in [5.41, 5.74) is -0.614. The third kappa shape index (κ3) is 4.93. The van der Waals surface area contributed by atoms with Crippen molar-refractivity contribution in [1.29, 1.82) is 0 Å². The Morgan fingerprint density at radius 3 is 2.00 bits per heavy atom. The van der Waals surface area contributed by atoms with Crippen molar-refractivity contribution < 1.29 is 5.11 Å². The molecule has 112 valence electrons. The maximum atomic E-state index is 10.9. The Morgan fingerprint density at radius 2 is 1.58 bits per heavy atom. The number of unbranched alkanes of at least 4 members (excludes halogenated alkanes) is 2.